The molecule has 1 heterocycles. The number of aromatic nitrogens is 2. The average molecular weight is 214 g/mol. The third-order valence-corrected chi connectivity index (χ3v) is 2.01. The molecule has 1 unspecified atom stereocenters. The van der Waals surface area contributed by atoms with Gasteiger partial charge in [0.15, 0.2) is 0 Å². The second kappa shape index (κ2) is 5.21. The first kappa shape index (κ1) is 13.2. The van der Waals surface area contributed by atoms with Crippen molar-refractivity contribution < 1.29 is 42.7 Å². The zero-order valence-corrected chi connectivity index (χ0v) is 10.5. The third-order valence-electron chi connectivity index (χ3n) is 1.37. The summed E-state index contributed by atoms with van der Waals surface area (Å²) in [5.74, 6) is -0.807. The Balaban J connectivity index is 0.00000144. The molecule has 0 amide bonds. The van der Waals surface area contributed by atoms with E-state index in [1.54, 1.807) is 13.8 Å². The summed E-state index contributed by atoms with van der Waals surface area (Å²) in [4.78, 5) is -0.385. The molecule has 7 heteroatoms. The smallest absolute Gasteiger partial charge is 0.768 e. The van der Waals surface area contributed by atoms with Crippen molar-refractivity contribution in [2.45, 2.75) is 24.8 Å². The molecule has 0 fully saturated rings. The fourth-order valence-electron chi connectivity index (χ4n) is 0.803. The normalized spacial score (nSPS) is 12.7. The summed E-state index contributed by atoms with van der Waals surface area (Å²) in [5, 5.41) is 3.59. The van der Waals surface area contributed by atoms with Gasteiger partial charge in [0, 0.05) is 6.04 Å². The van der Waals surface area contributed by atoms with Crippen molar-refractivity contribution in [3.05, 3.63) is 12.1 Å². The van der Waals surface area contributed by atoms with Gasteiger partial charge in [-0.3, -0.25) is 4.21 Å². The first-order valence-corrected chi connectivity index (χ1v) is 4.43. The molecule has 0 saturated carbocycles. The first-order valence-electron chi connectivity index (χ1n) is 3.36. The van der Waals surface area contributed by atoms with Gasteiger partial charge in [0.05, 0.1) is 11.1 Å². The van der Waals surface area contributed by atoms with Crippen LogP contribution >= 0.6 is 0 Å². The summed E-state index contributed by atoms with van der Waals surface area (Å²) >= 11 is -2.54. The third kappa shape index (κ3) is 2.85. The molecule has 68 valence electrons. The number of hydrogen-bond donors (Lipinski definition) is 0. The van der Waals surface area contributed by atoms with Crippen LogP contribution in [0.5, 0.6) is 0 Å². The summed E-state index contributed by atoms with van der Waals surface area (Å²) in [7, 11) is 0. The molecule has 0 N–H and O–H groups in total. The number of rotatable bonds is 2. The number of halogens is 1. The van der Waals surface area contributed by atoms with Crippen LogP contribution in [0.3, 0.4) is 0 Å². The Hall–Kier alpha value is 0.250. The molecule has 1 aromatic heterocycles. The summed E-state index contributed by atoms with van der Waals surface area (Å²) in [6.45, 7) is 3.43. The maximum atomic E-state index is 13.0. The maximum absolute atomic E-state index is 13.0. The zero-order valence-electron chi connectivity index (χ0n) is 7.65. The van der Waals surface area contributed by atoms with Crippen molar-refractivity contribution in [2.24, 2.45) is 0 Å². The summed E-state index contributed by atoms with van der Waals surface area (Å²) in [5.41, 5.74) is 0. The Kier molecular flexibility index (Phi) is 5.31. The van der Waals surface area contributed by atoms with Crippen LogP contribution in [0.2, 0.25) is 0 Å². The van der Waals surface area contributed by atoms with E-state index in [2.05, 4.69) is 5.10 Å². The molecule has 0 aromatic carbocycles. The molecule has 0 saturated heterocycles. The summed E-state index contributed by atoms with van der Waals surface area (Å²) in [6, 6.07) is -0.178. The number of nitrogens with zero attached hydrogens (tertiary/aromatic N) is 2. The standard InChI is InChI=1S/C6H9FN2O2S.Na/c1-4(2)9-6(7)5(3-8-9)12(10)11;/h3-4H,1-2H3,(H,10,11);/q;+1/p-1. The minimum atomic E-state index is -2.54. The molecule has 0 aliphatic carbocycles. The van der Waals surface area contributed by atoms with Crippen LogP contribution in [-0.4, -0.2) is 18.5 Å². The Morgan fingerprint density at radius 1 is 1.69 bits per heavy atom. The van der Waals surface area contributed by atoms with E-state index in [1.165, 1.54) is 0 Å². The fraction of sp³-hybridized carbons (Fsp3) is 0.500. The molecule has 13 heavy (non-hydrogen) atoms. The van der Waals surface area contributed by atoms with E-state index in [1.807, 2.05) is 0 Å². The van der Waals surface area contributed by atoms with Crippen LogP contribution < -0.4 is 29.6 Å². The molecular weight excluding hydrogens is 206 g/mol. The van der Waals surface area contributed by atoms with E-state index in [9.17, 15) is 13.2 Å². The quantitative estimate of drug-likeness (QED) is 0.416. The van der Waals surface area contributed by atoms with Crippen molar-refractivity contribution in [3.63, 3.8) is 0 Å². The van der Waals surface area contributed by atoms with Gasteiger partial charge in [-0.1, -0.05) is 0 Å². The van der Waals surface area contributed by atoms with Crippen LogP contribution in [0.4, 0.5) is 4.39 Å². The molecule has 1 rings (SSSR count). The summed E-state index contributed by atoms with van der Waals surface area (Å²) < 4.78 is 34.8. The van der Waals surface area contributed by atoms with E-state index in [0.29, 0.717) is 0 Å². The molecule has 0 aliphatic heterocycles. The van der Waals surface area contributed by atoms with Crippen LogP contribution in [0.25, 0.3) is 0 Å². The topological polar surface area (TPSA) is 58.0 Å². The van der Waals surface area contributed by atoms with Crippen LogP contribution in [-0.2, 0) is 11.1 Å². The van der Waals surface area contributed by atoms with E-state index in [0.717, 1.165) is 10.9 Å². The molecule has 4 nitrogen and oxygen atoms in total. The average Bonchev–Trinajstić information content (AvgIpc) is 2.30. The Labute approximate surface area is 100 Å². The van der Waals surface area contributed by atoms with Gasteiger partial charge in [-0.15, -0.1) is 0 Å². The largest absolute Gasteiger partial charge is 1.00 e. The van der Waals surface area contributed by atoms with Crippen LogP contribution in [0.15, 0.2) is 11.1 Å². The van der Waals surface area contributed by atoms with E-state index >= 15 is 0 Å². The Bertz CT molecular complexity index is 316. The molecule has 0 aliphatic rings. The van der Waals surface area contributed by atoms with Crippen LogP contribution in [0, 0.1) is 5.95 Å². The van der Waals surface area contributed by atoms with Gasteiger partial charge >= 0.3 is 29.6 Å². The van der Waals surface area contributed by atoms with Gasteiger partial charge in [-0.05, 0) is 24.9 Å². The van der Waals surface area contributed by atoms with Gasteiger partial charge in [0.2, 0.25) is 5.95 Å². The monoisotopic (exact) mass is 214 g/mol. The molecular formula is C6H8FN2NaO2S. The van der Waals surface area contributed by atoms with Crippen molar-refractivity contribution in [1.29, 1.82) is 0 Å². The van der Waals surface area contributed by atoms with Gasteiger partial charge < -0.3 is 4.55 Å². The van der Waals surface area contributed by atoms with Crippen molar-refractivity contribution in [1.82, 2.24) is 9.78 Å². The SMILES string of the molecule is CC(C)n1ncc(S(=O)[O-])c1F.[Na+]. The van der Waals surface area contributed by atoms with Gasteiger partial charge in [0.1, 0.15) is 0 Å². The second-order valence-electron chi connectivity index (χ2n) is 2.57. The first-order chi connectivity index (χ1) is 5.54. The fourth-order valence-corrected chi connectivity index (χ4v) is 1.17. The summed E-state index contributed by atoms with van der Waals surface area (Å²) in [6.07, 6.45) is 0.998. The molecule has 0 radical (unpaired) electrons. The van der Waals surface area contributed by atoms with Crippen molar-refractivity contribution in [3.8, 4) is 0 Å². The predicted molar refractivity (Wildman–Crippen MR) is 39.8 cm³/mol. The minimum absolute atomic E-state index is 0. The van der Waals surface area contributed by atoms with E-state index in [-0.39, 0.29) is 40.5 Å². The van der Waals surface area contributed by atoms with Gasteiger partial charge in [-0.25, -0.2) is 4.68 Å². The molecule has 1 atom stereocenters. The molecule has 0 spiro atoms. The second-order valence-corrected chi connectivity index (χ2v) is 3.48. The van der Waals surface area contributed by atoms with E-state index < -0.39 is 17.0 Å². The maximum Gasteiger partial charge on any atom is 1.00 e. The van der Waals surface area contributed by atoms with Crippen molar-refractivity contribution in [2.75, 3.05) is 0 Å². The van der Waals surface area contributed by atoms with E-state index in [4.69, 9.17) is 0 Å². The zero-order chi connectivity index (χ0) is 9.30. The van der Waals surface area contributed by atoms with Gasteiger partial charge in [0.25, 0.3) is 0 Å². The number of hydrogen-bond acceptors (Lipinski definition) is 3. The Morgan fingerprint density at radius 3 is 2.46 bits per heavy atom. The predicted octanol–water partition coefficient (Wildman–Crippen LogP) is -2.15. The molecule has 1 aromatic rings. The Morgan fingerprint density at radius 2 is 2.23 bits per heavy atom. The minimum Gasteiger partial charge on any atom is -0.768 e. The van der Waals surface area contributed by atoms with Gasteiger partial charge in [-0.2, -0.15) is 9.49 Å². The van der Waals surface area contributed by atoms with Crippen LogP contribution in [0.1, 0.15) is 19.9 Å². The molecule has 0 bridgehead atoms. The van der Waals surface area contributed by atoms with Crippen molar-refractivity contribution >= 4 is 11.1 Å².